The predicted molar refractivity (Wildman–Crippen MR) is 81.3 cm³/mol. The SMILES string of the molecule is Cc1ccc(F)c(C(Cc2ccc(Cl)c(Cl)c2)NN)c1F. The smallest absolute Gasteiger partial charge is 0.133 e. The Morgan fingerprint density at radius 3 is 2.48 bits per heavy atom. The minimum absolute atomic E-state index is 0.0800. The minimum Gasteiger partial charge on any atom is -0.271 e. The summed E-state index contributed by atoms with van der Waals surface area (Å²) in [5.74, 6) is 4.23. The molecule has 1 atom stereocenters. The molecule has 0 heterocycles. The molecule has 3 N–H and O–H groups in total. The highest BCUT2D eigenvalue weighted by molar-refractivity contribution is 6.42. The summed E-state index contributed by atoms with van der Waals surface area (Å²) in [5.41, 5.74) is 3.51. The van der Waals surface area contributed by atoms with Crippen molar-refractivity contribution in [3.05, 3.63) is 68.7 Å². The zero-order valence-electron chi connectivity index (χ0n) is 11.3. The monoisotopic (exact) mass is 330 g/mol. The normalized spacial score (nSPS) is 12.5. The van der Waals surface area contributed by atoms with E-state index in [2.05, 4.69) is 5.43 Å². The Balaban J connectivity index is 2.36. The van der Waals surface area contributed by atoms with Crippen LogP contribution in [-0.2, 0) is 6.42 Å². The molecule has 1 unspecified atom stereocenters. The Bertz CT molecular complexity index is 662. The van der Waals surface area contributed by atoms with E-state index in [1.54, 1.807) is 25.1 Å². The lowest BCUT2D eigenvalue weighted by Gasteiger charge is -2.19. The third-order valence-electron chi connectivity index (χ3n) is 3.29. The van der Waals surface area contributed by atoms with Crippen molar-refractivity contribution >= 4 is 23.2 Å². The zero-order chi connectivity index (χ0) is 15.6. The van der Waals surface area contributed by atoms with Gasteiger partial charge in [0.1, 0.15) is 11.6 Å². The van der Waals surface area contributed by atoms with Gasteiger partial charge in [-0.1, -0.05) is 35.3 Å². The van der Waals surface area contributed by atoms with E-state index in [9.17, 15) is 8.78 Å². The summed E-state index contributed by atoms with van der Waals surface area (Å²) in [6.07, 6.45) is 0.282. The fraction of sp³-hybridized carbons (Fsp3) is 0.200. The number of benzene rings is 2. The Morgan fingerprint density at radius 2 is 1.86 bits per heavy atom. The molecule has 2 aromatic carbocycles. The maximum Gasteiger partial charge on any atom is 0.133 e. The highest BCUT2D eigenvalue weighted by atomic mass is 35.5. The van der Waals surface area contributed by atoms with Crippen LogP contribution in [0.1, 0.15) is 22.7 Å². The van der Waals surface area contributed by atoms with Gasteiger partial charge in [0, 0.05) is 5.56 Å². The fourth-order valence-electron chi connectivity index (χ4n) is 2.14. The van der Waals surface area contributed by atoms with Crippen molar-refractivity contribution in [1.29, 1.82) is 0 Å². The summed E-state index contributed by atoms with van der Waals surface area (Å²) < 4.78 is 28.1. The number of hydrogen-bond donors (Lipinski definition) is 2. The van der Waals surface area contributed by atoms with Gasteiger partial charge in [-0.15, -0.1) is 0 Å². The molecule has 2 rings (SSSR count). The molecule has 0 saturated heterocycles. The number of halogens is 4. The average Bonchev–Trinajstić information content (AvgIpc) is 2.46. The average molecular weight is 331 g/mol. The number of nitrogens with two attached hydrogens (primary N) is 1. The van der Waals surface area contributed by atoms with Gasteiger partial charge in [-0.3, -0.25) is 11.3 Å². The molecule has 112 valence electrons. The lowest BCUT2D eigenvalue weighted by molar-refractivity contribution is 0.470. The van der Waals surface area contributed by atoms with Crippen molar-refractivity contribution in [1.82, 2.24) is 5.43 Å². The van der Waals surface area contributed by atoms with Crippen molar-refractivity contribution in [2.45, 2.75) is 19.4 Å². The first-order valence-electron chi connectivity index (χ1n) is 6.28. The zero-order valence-corrected chi connectivity index (χ0v) is 12.8. The van der Waals surface area contributed by atoms with E-state index in [0.717, 1.165) is 5.56 Å². The second-order valence-corrected chi connectivity index (χ2v) is 5.58. The van der Waals surface area contributed by atoms with Crippen molar-refractivity contribution in [2.24, 2.45) is 5.84 Å². The molecule has 0 spiro atoms. The van der Waals surface area contributed by atoms with Crippen LogP contribution in [0.3, 0.4) is 0 Å². The maximum absolute atomic E-state index is 14.2. The lowest BCUT2D eigenvalue weighted by Crippen LogP contribution is -2.31. The molecule has 2 aromatic rings. The van der Waals surface area contributed by atoms with Crippen LogP contribution >= 0.6 is 23.2 Å². The summed E-state index contributed by atoms with van der Waals surface area (Å²) in [5, 5.41) is 0.806. The number of nitrogens with one attached hydrogen (secondary N) is 1. The molecule has 0 radical (unpaired) electrons. The van der Waals surface area contributed by atoms with Crippen molar-refractivity contribution < 1.29 is 8.78 Å². The molecule has 0 aromatic heterocycles. The van der Waals surface area contributed by atoms with Crippen LogP contribution in [0.2, 0.25) is 10.0 Å². The molecule has 0 fully saturated rings. The number of aryl methyl sites for hydroxylation is 1. The van der Waals surface area contributed by atoms with E-state index < -0.39 is 17.7 Å². The van der Waals surface area contributed by atoms with Gasteiger partial charge in [-0.25, -0.2) is 8.78 Å². The van der Waals surface area contributed by atoms with Gasteiger partial charge in [0.25, 0.3) is 0 Å². The highest BCUT2D eigenvalue weighted by Gasteiger charge is 2.21. The van der Waals surface area contributed by atoms with Crippen molar-refractivity contribution in [2.75, 3.05) is 0 Å². The van der Waals surface area contributed by atoms with Crippen LogP contribution in [0.4, 0.5) is 8.78 Å². The lowest BCUT2D eigenvalue weighted by atomic mass is 9.97. The molecule has 0 amide bonds. The van der Waals surface area contributed by atoms with Crippen LogP contribution in [0, 0.1) is 18.6 Å². The first kappa shape index (κ1) is 16.2. The van der Waals surface area contributed by atoms with Gasteiger partial charge in [-0.05, 0) is 42.7 Å². The Morgan fingerprint density at radius 1 is 1.14 bits per heavy atom. The largest absolute Gasteiger partial charge is 0.271 e. The Labute approximate surface area is 131 Å². The molecular formula is C15H14Cl2F2N2. The van der Waals surface area contributed by atoms with E-state index >= 15 is 0 Å². The molecule has 0 saturated carbocycles. The Hall–Kier alpha value is -1.20. The number of rotatable bonds is 4. The predicted octanol–water partition coefficient (Wildman–Crippen LogP) is 4.33. The summed E-state index contributed by atoms with van der Waals surface area (Å²) in [4.78, 5) is 0. The molecule has 0 aliphatic heterocycles. The summed E-state index contributed by atoms with van der Waals surface area (Å²) in [6.45, 7) is 1.57. The summed E-state index contributed by atoms with van der Waals surface area (Å²) >= 11 is 11.8. The topological polar surface area (TPSA) is 38.0 Å². The minimum atomic E-state index is -0.706. The van der Waals surface area contributed by atoms with Crippen LogP contribution in [-0.4, -0.2) is 0 Å². The van der Waals surface area contributed by atoms with E-state index in [1.165, 1.54) is 12.1 Å². The van der Waals surface area contributed by atoms with Crippen LogP contribution in [0.25, 0.3) is 0 Å². The second-order valence-electron chi connectivity index (χ2n) is 4.76. The van der Waals surface area contributed by atoms with Gasteiger partial charge in [-0.2, -0.15) is 0 Å². The molecule has 21 heavy (non-hydrogen) atoms. The summed E-state index contributed by atoms with van der Waals surface area (Å²) in [7, 11) is 0. The molecule has 6 heteroatoms. The van der Waals surface area contributed by atoms with Gasteiger partial charge >= 0.3 is 0 Å². The quantitative estimate of drug-likeness (QED) is 0.647. The maximum atomic E-state index is 14.2. The van der Waals surface area contributed by atoms with Crippen molar-refractivity contribution in [3.8, 4) is 0 Å². The van der Waals surface area contributed by atoms with Gasteiger partial charge in [0.2, 0.25) is 0 Å². The third kappa shape index (κ3) is 3.52. The third-order valence-corrected chi connectivity index (χ3v) is 4.03. The summed E-state index contributed by atoms with van der Waals surface area (Å²) in [6, 6.07) is 6.94. The van der Waals surface area contributed by atoms with Crippen LogP contribution in [0.15, 0.2) is 30.3 Å². The molecule has 0 aliphatic carbocycles. The second kappa shape index (κ2) is 6.71. The standard InChI is InChI=1S/C15H14Cl2F2N2/c1-8-2-5-12(18)14(15(8)19)13(21-20)7-9-3-4-10(16)11(17)6-9/h2-6,13,21H,7,20H2,1H3. The van der Waals surface area contributed by atoms with Crippen LogP contribution in [0.5, 0.6) is 0 Å². The van der Waals surface area contributed by atoms with E-state index in [-0.39, 0.29) is 12.0 Å². The first-order valence-corrected chi connectivity index (χ1v) is 7.04. The van der Waals surface area contributed by atoms with Gasteiger partial charge in [0.05, 0.1) is 16.1 Å². The fourth-order valence-corrected chi connectivity index (χ4v) is 2.47. The van der Waals surface area contributed by atoms with Crippen molar-refractivity contribution in [3.63, 3.8) is 0 Å². The molecule has 2 nitrogen and oxygen atoms in total. The van der Waals surface area contributed by atoms with E-state index in [4.69, 9.17) is 29.0 Å². The van der Waals surface area contributed by atoms with Gasteiger partial charge < -0.3 is 0 Å². The van der Waals surface area contributed by atoms with E-state index in [0.29, 0.717) is 15.6 Å². The molecular weight excluding hydrogens is 317 g/mol. The van der Waals surface area contributed by atoms with Crippen LogP contribution < -0.4 is 11.3 Å². The van der Waals surface area contributed by atoms with Gasteiger partial charge in [0.15, 0.2) is 0 Å². The van der Waals surface area contributed by atoms with E-state index in [1.807, 2.05) is 0 Å². The Kier molecular flexibility index (Phi) is 5.17. The number of hydrazine groups is 1. The molecule has 0 aliphatic rings. The number of hydrogen-bond acceptors (Lipinski definition) is 2. The molecule has 0 bridgehead atoms. The highest BCUT2D eigenvalue weighted by Crippen LogP contribution is 2.28. The first-order chi connectivity index (χ1) is 9.93.